The number of nitrogens with zero attached hydrogens (tertiary/aromatic N) is 4. The Labute approximate surface area is 165 Å². The van der Waals surface area contributed by atoms with E-state index in [0.29, 0.717) is 17.8 Å². The summed E-state index contributed by atoms with van der Waals surface area (Å²) in [6.07, 6.45) is 9.11. The van der Waals surface area contributed by atoms with Crippen molar-refractivity contribution in [2.24, 2.45) is 0 Å². The monoisotopic (exact) mass is 383 g/mol. The molecule has 29 heavy (non-hydrogen) atoms. The Morgan fingerprint density at radius 2 is 1.97 bits per heavy atom. The van der Waals surface area contributed by atoms with E-state index in [4.69, 9.17) is 0 Å². The van der Waals surface area contributed by atoms with Crippen LogP contribution in [0.3, 0.4) is 0 Å². The molecule has 142 valence electrons. The summed E-state index contributed by atoms with van der Waals surface area (Å²) in [7, 11) is 0. The molecule has 0 aliphatic carbocycles. The van der Waals surface area contributed by atoms with E-state index in [2.05, 4.69) is 35.5 Å². The molecule has 0 saturated heterocycles. The molecule has 8 nitrogen and oxygen atoms in total. The van der Waals surface area contributed by atoms with Gasteiger partial charge in [0, 0.05) is 46.9 Å². The summed E-state index contributed by atoms with van der Waals surface area (Å²) in [4.78, 5) is 27.9. The van der Waals surface area contributed by atoms with Crippen molar-refractivity contribution in [1.29, 1.82) is 0 Å². The molecule has 5 heterocycles. The molecule has 0 aliphatic heterocycles. The second-order valence-electron chi connectivity index (χ2n) is 6.70. The van der Waals surface area contributed by atoms with Crippen molar-refractivity contribution < 1.29 is 4.79 Å². The van der Waals surface area contributed by atoms with E-state index in [9.17, 15) is 4.79 Å². The summed E-state index contributed by atoms with van der Waals surface area (Å²) in [6, 6.07) is 7.91. The summed E-state index contributed by atoms with van der Waals surface area (Å²) >= 11 is 0. The molecule has 0 fully saturated rings. The van der Waals surface area contributed by atoms with Crippen LogP contribution < -0.4 is 5.32 Å². The Kier molecular flexibility index (Phi) is 4.02. The number of aromatic amines is 2. The van der Waals surface area contributed by atoms with Crippen molar-refractivity contribution in [2.45, 2.75) is 13.3 Å². The van der Waals surface area contributed by atoms with Gasteiger partial charge in [-0.05, 0) is 24.3 Å². The smallest absolute Gasteiger partial charge is 0.224 e. The number of anilines is 1. The molecule has 1 amide bonds. The van der Waals surface area contributed by atoms with Crippen molar-refractivity contribution >= 4 is 33.5 Å². The highest BCUT2D eigenvalue weighted by Crippen LogP contribution is 2.30. The van der Waals surface area contributed by atoms with Crippen molar-refractivity contribution in [1.82, 2.24) is 30.1 Å². The van der Waals surface area contributed by atoms with Crippen molar-refractivity contribution in [3.63, 3.8) is 0 Å². The van der Waals surface area contributed by atoms with Gasteiger partial charge in [-0.25, -0.2) is 4.98 Å². The number of hydrogen-bond donors (Lipinski definition) is 3. The van der Waals surface area contributed by atoms with Gasteiger partial charge in [0.05, 0.1) is 29.3 Å². The fourth-order valence-corrected chi connectivity index (χ4v) is 3.28. The molecular weight excluding hydrogens is 366 g/mol. The summed E-state index contributed by atoms with van der Waals surface area (Å²) in [5.41, 5.74) is 5.73. The van der Waals surface area contributed by atoms with Crippen molar-refractivity contribution in [2.75, 3.05) is 5.32 Å². The third-order valence-corrected chi connectivity index (χ3v) is 4.77. The Bertz CT molecular complexity index is 1320. The van der Waals surface area contributed by atoms with Gasteiger partial charge in [0.15, 0.2) is 5.65 Å². The van der Waals surface area contributed by atoms with Gasteiger partial charge >= 0.3 is 0 Å². The summed E-state index contributed by atoms with van der Waals surface area (Å²) < 4.78 is 0. The lowest BCUT2D eigenvalue weighted by Crippen LogP contribution is -2.09. The number of fused-ring (bicyclic) bond motifs is 2. The predicted molar refractivity (Wildman–Crippen MR) is 111 cm³/mol. The molecule has 0 bridgehead atoms. The summed E-state index contributed by atoms with van der Waals surface area (Å²) in [5, 5.41) is 12.2. The first-order chi connectivity index (χ1) is 14.2. The van der Waals surface area contributed by atoms with Crippen LogP contribution in [0.5, 0.6) is 0 Å². The Hall–Kier alpha value is -4.07. The van der Waals surface area contributed by atoms with Crippen LogP contribution in [0.4, 0.5) is 5.69 Å². The van der Waals surface area contributed by atoms with Gasteiger partial charge in [0.1, 0.15) is 5.69 Å². The molecule has 3 N–H and O–H groups in total. The Morgan fingerprint density at radius 3 is 2.83 bits per heavy atom. The van der Waals surface area contributed by atoms with Crippen LogP contribution >= 0.6 is 0 Å². The van der Waals surface area contributed by atoms with Crippen LogP contribution in [0.15, 0.2) is 55.2 Å². The molecule has 0 atom stereocenters. The minimum absolute atomic E-state index is 0.0528. The minimum Gasteiger partial charge on any atom is -0.352 e. The maximum atomic E-state index is 11.7. The normalized spacial score (nSPS) is 11.2. The predicted octanol–water partition coefficient (Wildman–Crippen LogP) is 3.91. The lowest BCUT2D eigenvalue weighted by molar-refractivity contribution is -0.115. The number of carbonyl (C=O) groups excluding carboxylic acids is 1. The van der Waals surface area contributed by atoms with Gasteiger partial charge in [-0.2, -0.15) is 5.10 Å². The number of pyridine rings is 3. The van der Waals surface area contributed by atoms with E-state index in [1.54, 1.807) is 31.0 Å². The zero-order chi connectivity index (χ0) is 19.8. The standard InChI is InChI=1S/C21H17N7O/c1-2-19(29)25-15-5-13(8-23-10-15)14-6-16-20(27-28-21(16)24-9-14)17-7-12-3-4-22-11-18(12)26-17/h3-11,26H,2H2,1H3,(H,25,29)(H,24,27,28). The highest BCUT2D eigenvalue weighted by Gasteiger charge is 2.13. The molecule has 0 unspecified atom stereocenters. The van der Waals surface area contributed by atoms with Crippen LogP contribution in [0.2, 0.25) is 0 Å². The van der Waals surface area contributed by atoms with Crippen LogP contribution in [0, 0.1) is 0 Å². The molecule has 5 aromatic rings. The Morgan fingerprint density at radius 1 is 1.07 bits per heavy atom. The van der Waals surface area contributed by atoms with Crippen molar-refractivity contribution in [3.8, 4) is 22.5 Å². The third kappa shape index (κ3) is 3.10. The van der Waals surface area contributed by atoms with Crippen molar-refractivity contribution in [3.05, 3.63) is 55.2 Å². The number of rotatable bonds is 4. The van der Waals surface area contributed by atoms with Crippen LogP contribution in [0.1, 0.15) is 13.3 Å². The highest BCUT2D eigenvalue weighted by atomic mass is 16.1. The molecule has 0 radical (unpaired) electrons. The average Bonchev–Trinajstić information content (AvgIpc) is 3.37. The van der Waals surface area contributed by atoms with E-state index in [1.807, 2.05) is 31.2 Å². The molecule has 8 heteroatoms. The van der Waals surface area contributed by atoms with Crippen LogP contribution in [-0.2, 0) is 4.79 Å². The lowest BCUT2D eigenvalue weighted by atomic mass is 10.1. The van der Waals surface area contributed by atoms with Gasteiger partial charge in [0.2, 0.25) is 5.91 Å². The Balaban J connectivity index is 1.58. The maximum Gasteiger partial charge on any atom is 0.224 e. The molecule has 0 aromatic carbocycles. The number of nitrogens with one attached hydrogen (secondary N) is 3. The number of hydrogen-bond acceptors (Lipinski definition) is 5. The molecule has 5 aromatic heterocycles. The second-order valence-corrected chi connectivity index (χ2v) is 6.70. The first-order valence-corrected chi connectivity index (χ1v) is 9.24. The first-order valence-electron chi connectivity index (χ1n) is 9.24. The van der Waals surface area contributed by atoms with E-state index in [1.165, 1.54) is 0 Å². The van der Waals surface area contributed by atoms with E-state index in [-0.39, 0.29) is 5.91 Å². The van der Waals surface area contributed by atoms with Gasteiger partial charge < -0.3 is 10.3 Å². The topological polar surface area (TPSA) is 112 Å². The fraction of sp³-hybridized carbons (Fsp3) is 0.0952. The SMILES string of the molecule is CCC(=O)Nc1cncc(-c2cnc3[nH]nc(-c4cc5ccncc5[nH]4)c3c2)c1. The largest absolute Gasteiger partial charge is 0.352 e. The third-order valence-electron chi connectivity index (χ3n) is 4.77. The van der Waals surface area contributed by atoms with Crippen LogP contribution in [0.25, 0.3) is 44.5 Å². The molecule has 0 aliphatic rings. The molecule has 5 rings (SSSR count). The number of amides is 1. The van der Waals surface area contributed by atoms with E-state index < -0.39 is 0 Å². The maximum absolute atomic E-state index is 11.7. The minimum atomic E-state index is -0.0528. The fourth-order valence-electron chi connectivity index (χ4n) is 3.28. The summed E-state index contributed by atoms with van der Waals surface area (Å²) in [5.74, 6) is -0.0528. The van der Waals surface area contributed by atoms with E-state index in [0.717, 1.165) is 38.8 Å². The quantitative estimate of drug-likeness (QED) is 0.435. The highest BCUT2D eigenvalue weighted by molar-refractivity contribution is 5.96. The molecule has 0 saturated carbocycles. The average molecular weight is 383 g/mol. The zero-order valence-electron chi connectivity index (χ0n) is 15.6. The zero-order valence-corrected chi connectivity index (χ0v) is 15.6. The second kappa shape index (κ2) is 6.83. The molecule has 0 spiro atoms. The summed E-state index contributed by atoms with van der Waals surface area (Å²) in [6.45, 7) is 1.81. The number of carbonyl (C=O) groups is 1. The van der Waals surface area contributed by atoms with E-state index >= 15 is 0 Å². The number of H-pyrrole nitrogens is 2. The lowest BCUT2D eigenvalue weighted by Gasteiger charge is -2.06. The van der Waals surface area contributed by atoms with Gasteiger partial charge in [-0.15, -0.1) is 0 Å². The van der Waals surface area contributed by atoms with Gasteiger partial charge in [-0.1, -0.05) is 6.92 Å². The molecular formula is C21H17N7O. The van der Waals surface area contributed by atoms with Gasteiger partial charge in [-0.3, -0.25) is 19.9 Å². The first kappa shape index (κ1) is 17.1. The number of aromatic nitrogens is 6. The van der Waals surface area contributed by atoms with Crippen LogP contribution in [-0.4, -0.2) is 36.0 Å². The van der Waals surface area contributed by atoms with Gasteiger partial charge in [0.25, 0.3) is 0 Å².